The molecule has 0 unspecified atom stereocenters. The molecule has 0 aromatic heterocycles. The molecule has 0 heterocycles. The highest BCUT2D eigenvalue weighted by atomic mass is 16.6. The predicted octanol–water partition coefficient (Wildman–Crippen LogP) is 2.59. The number of benzene rings is 1. The SMILES string of the molecule is CCCCOc1ccc(C=O)cc1[N+](=O)[O-]. The summed E-state index contributed by atoms with van der Waals surface area (Å²) in [6.45, 7) is 2.45. The van der Waals surface area contributed by atoms with Crippen LogP contribution in [0.15, 0.2) is 18.2 Å². The Labute approximate surface area is 93.2 Å². The highest BCUT2D eigenvalue weighted by molar-refractivity contribution is 5.77. The first kappa shape index (κ1) is 12.2. The molecule has 0 saturated carbocycles. The third-order valence-corrected chi connectivity index (χ3v) is 2.07. The van der Waals surface area contributed by atoms with Crippen LogP contribution in [-0.4, -0.2) is 17.8 Å². The van der Waals surface area contributed by atoms with Gasteiger partial charge in [-0.1, -0.05) is 13.3 Å². The number of hydrogen-bond donors (Lipinski definition) is 0. The van der Waals surface area contributed by atoms with Crippen LogP contribution in [0, 0.1) is 10.1 Å². The maximum atomic E-state index is 10.7. The van der Waals surface area contributed by atoms with Crippen LogP contribution in [0.25, 0.3) is 0 Å². The standard InChI is InChI=1S/C11H13NO4/c1-2-3-6-16-11-5-4-9(8-13)7-10(11)12(14)15/h4-5,7-8H,2-3,6H2,1H3. The Morgan fingerprint density at radius 2 is 2.25 bits per heavy atom. The molecule has 0 N–H and O–H groups in total. The van der Waals surface area contributed by atoms with Crippen LogP contribution in [0.1, 0.15) is 30.1 Å². The monoisotopic (exact) mass is 223 g/mol. The molecule has 16 heavy (non-hydrogen) atoms. The molecule has 0 bridgehead atoms. The van der Waals surface area contributed by atoms with Crippen molar-refractivity contribution in [3.05, 3.63) is 33.9 Å². The first-order chi connectivity index (χ1) is 7.69. The van der Waals surface area contributed by atoms with Crippen molar-refractivity contribution < 1.29 is 14.5 Å². The van der Waals surface area contributed by atoms with Gasteiger partial charge in [0.2, 0.25) is 0 Å². The number of nitrogens with zero attached hydrogens (tertiary/aromatic N) is 1. The van der Waals surface area contributed by atoms with Gasteiger partial charge in [-0.3, -0.25) is 14.9 Å². The summed E-state index contributed by atoms with van der Waals surface area (Å²) in [5, 5.41) is 10.7. The Balaban J connectivity index is 2.89. The van der Waals surface area contributed by atoms with Crippen molar-refractivity contribution in [3.8, 4) is 5.75 Å². The minimum atomic E-state index is -0.547. The Morgan fingerprint density at radius 1 is 1.50 bits per heavy atom. The van der Waals surface area contributed by atoms with Gasteiger partial charge in [0, 0.05) is 11.6 Å². The van der Waals surface area contributed by atoms with Gasteiger partial charge in [-0.25, -0.2) is 0 Å². The van der Waals surface area contributed by atoms with Crippen LogP contribution in [0.4, 0.5) is 5.69 Å². The van der Waals surface area contributed by atoms with E-state index >= 15 is 0 Å². The second kappa shape index (κ2) is 5.85. The summed E-state index contributed by atoms with van der Waals surface area (Å²) < 4.78 is 5.28. The lowest BCUT2D eigenvalue weighted by Crippen LogP contribution is -2.00. The molecule has 1 rings (SSSR count). The number of nitro benzene ring substituents is 1. The van der Waals surface area contributed by atoms with Crippen molar-refractivity contribution in [3.63, 3.8) is 0 Å². The van der Waals surface area contributed by atoms with E-state index in [0.717, 1.165) is 12.8 Å². The number of nitro groups is 1. The topological polar surface area (TPSA) is 69.4 Å². The second-order valence-electron chi connectivity index (χ2n) is 3.30. The van der Waals surface area contributed by atoms with E-state index in [1.165, 1.54) is 18.2 Å². The van der Waals surface area contributed by atoms with E-state index in [0.29, 0.717) is 12.9 Å². The number of rotatable bonds is 6. The zero-order valence-electron chi connectivity index (χ0n) is 9.01. The molecule has 1 aromatic rings. The van der Waals surface area contributed by atoms with Crippen molar-refractivity contribution in [2.75, 3.05) is 6.61 Å². The van der Waals surface area contributed by atoms with Crippen molar-refractivity contribution in [1.29, 1.82) is 0 Å². The van der Waals surface area contributed by atoms with E-state index in [1.807, 2.05) is 6.92 Å². The van der Waals surface area contributed by atoms with Crippen molar-refractivity contribution in [2.24, 2.45) is 0 Å². The van der Waals surface area contributed by atoms with Gasteiger partial charge in [-0.2, -0.15) is 0 Å². The summed E-state index contributed by atoms with van der Waals surface area (Å²) in [5.41, 5.74) is 0.107. The van der Waals surface area contributed by atoms with E-state index in [9.17, 15) is 14.9 Å². The lowest BCUT2D eigenvalue weighted by molar-refractivity contribution is -0.385. The summed E-state index contributed by atoms with van der Waals surface area (Å²) in [4.78, 5) is 20.7. The zero-order valence-corrected chi connectivity index (χ0v) is 9.01. The van der Waals surface area contributed by atoms with Crippen LogP contribution in [0.2, 0.25) is 0 Å². The van der Waals surface area contributed by atoms with Crippen molar-refractivity contribution in [1.82, 2.24) is 0 Å². The molecule has 0 saturated heterocycles. The Bertz CT molecular complexity index is 390. The number of aldehydes is 1. The zero-order chi connectivity index (χ0) is 12.0. The molecule has 0 atom stereocenters. The fourth-order valence-corrected chi connectivity index (χ4v) is 1.20. The van der Waals surface area contributed by atoms with Gasteiger partial charge in [0.25, 0.3) is 0 Å². The normalized spacial score (nSPS) is 9.81. The summed E-state index contributed by atoms with van der Waals surface area (Å²) in [6, 6.07) is 4.17. The fraction of sp³-hybridized carbons (Fsp3) is 0.364. The van der Waals surface area contributed by atoms with Crippen LogP contribution < -0.4 is 4.74 Å². The van der Waals surface area contributed by atoms with Gasteiger partial charge >= 0.3 is 5.69 Å². The molecule has 86 valence electrons. The maximum absolute atomic E-state index is 10.7. The van der Waals surface area contributed by atoms with Gasteiger partial charge in [-0.05, 0) is 18.6 Å². The van der Waals surface area contributed by atoms with Crippen molar-refractivity contribution in [2.45, 2.75) is 19.8 Å². The molecular weight excluding hydrogens is 210 g/mol. The number of hydrogen-bond acceptors (Lipinski definition) is 4. The van der Waals surface area contributed by atoms with Gasteiger partial charge in [0.1, 0.15) is 6.29 Å². The summed E-state index contributed by atoms with van der Waals surface area (Å²) in [6.07, 6.45) is 2.37. The largest absolute Gasteiger partial charge is 0.487 e. The number of ether oxygens (including phenoxy) is 1. The maximum Gasteiger partial charge on any atom is 0.311 e. The molecule has 1 aromatic carbocycles. The molecule has 0 aliphatic carbocycles. The summed E-state index contributed by atoms with van der Waals surface area (Å²) in [5.74, 6) is 0.212. The molecule has 5 heteroatoms. The fourth-order valence-electron chi connectivity index (χ4n) is 1.20. The van der Waals surface area contributed by atoms with Gasteiger partial charge in [0.15, 0.2) is 5.75 Å². The van der Waals surface area contributed by atoms with E-state index in [2.05, 4.69) is 0 Å². The number of carbonyl (C=O) groups is 1. The molecular formula is C11H13NO4. The first-order valence-corrected chi connectivity index (χ1v) is 5.05. The molecule has 5 nitrogen and oxygen atoms in total. The summed E-state index contributed by atoms with van der Waals surface area (Å²) in [7, 11) is 0. The molecule has 0 spiro atoms. The van der Waals surface area contributed by atoms with Gasteiger partial charge < -0.3 is 4.74 Å². The number of unbranched alkanes of at least 4 members (excludes halogenated alkanes) is 1. The molecule has 0 aliphatic rings. The second-order valence-corrected chi connectivity index (χ2v) is 3.30. The minimum absolute atomic E-state index is 0.166. The Morgan fingerprint density at radius 3 is 2.81 bits per heavy atom. The van der Waals surface area contributed by atoms with E-state index in [-0.39, 0.29) is 17.0 Å². The summed E-state index contributed by atoms with van der Waals surface area (Å²) >= 11 is 0. The smallest absolute Gasteiger partial charge is 0.311 e. The highest BCUT2D eigenvalue weighted by Gasteiger charge is 2.15. The van der Waals surface area contributed by atoms with Crippen LogP contribution in [0.5, 0.6) is 5.75 Å². The lowest BCUT2D eigenvalue weighted by Gasteiger charge is -2.05. The lowest BCUT2D eigenvalue weighted by atomic mass is 10.2. The van der Waals surface area contributed by atoms with E-state index in [4.69, 9.17) is 4.74 Å². The van der Waals surface area contributed by atoms with Crippen LogP contribution in [-0.2, 0) is 0 Å². The third kappa shape index (κ3) is 3.05. The quantitative estimate of drug-likeness (QED) is 0.321. The van der Waals surface area contributed by atoms with Gasteiger partial charge in [-0.15, -0.1) is 0 Å². The average molecular weight is 223 g/mol. The molecule has 0 amide bonds. The van der Waals surface area contributed by atoms with E-state index in [1.54, 1.807) is 0 Å². The average Bonchev–Trinajstić information content (AvgIpc) is 2.29. The highest BCUT2D eigenvalue weighted by Crippen LogP contribution is 2.27. The van der Waals surface area contributed by atoms with Crippen LogP contribution >= 0.6 is 0 Å². The first-order valence-electron chi connectivity index (χ1n) is 5.05. The Hall–Kier alpha value is -1.91. The minimum Gasteiger partial charge on any atom is -0.487 e. The third-order valence-electron chi connectivity index (χ3n) is 2.07. The molecule has 0 radical (unpaired) electrons. The van der Waals surface area contributed by atoms with Crippen molar-refractivity contribution >= 4 is 12.0 Å². The molecule has 0 fully saturated rings. The Kier molecular flexibility index (Phi) is 4.44. The van der Waals surface area contributed by atoms with Crippen LogP contribution in [0.3, 0.4) is 0 Å². The number of carbonyl (C=O) groups excluding carboxylic acids is 1. The predicted molar refractivity (Wildman–Crippen MR) is 58.9 cm³/mol. The van der Waals surface area contributed by atoms with Gasteiger partial charge in [0.05, 0.1) is 11.5 Å². The van der Waals surface area contributed by atoms with E-state index < -0.39 is 4.92 Å². The molecule has 0 aliphatic heterocycles.